The Morgan fingerprint density at radius 3 is 3.08 bits per heavy atom. The summed E-state index contributed by atoms with van der Waals surface area (Å²) in [5.41, 5.74) is 0. The molecule has 1 aliphatic rings. The lowest BCUT2D eigenvalue weighted by Crippen LogP contribution is -2.40. The first-order valence-corrected chi connectivity index (χ1v) is 4.79. The number of halogens is 1. The van der Waals surface area contributed by atoms with Gasteiger partial charge in [0.2, 0.25) is 5.91 Å². The van der Waals surface area contributed by atoms with Crippen molar-refractivity contribution in [1.82, 2.24) is 5.32 Å². The Morgan fingerprint density at radius 1 is 1.67 bits per heavy atom. The highest BCUT2D eigenvalue weighted by molar-refractivity contribution is 6.18. The van der Waals surface area contributed by atoms with Gasteiger partial charge >= 0.3 is 0 Å². The molecule has 1 saturated heterocycles. The van der Waals surface area contributed by atoms with E-state index >= 15 is 0 Å². The molecule has 1 atom stereocenters. The molecule has 3 nitrogen and oxygen atoms in total. The lowest BCUT2D eigenvalue weighted by atomic mass is 10.1. The highest BCUT2D eigenvalue weighted by atomic mass is 35.5. The van der Waals surface area contributed by atoms with Crippen LogP contribution in [0.4, 0.5) is 0 Å². The van der Waals surface area contributed by atoms with Gasteiger partial charge in [0.15, 0.2) is 0 Å². The number of hydrogen-bond acceptors (Lipinski definition) is 2. The van der Waals surface area contributed by atoms with Gasteiger partial charge < -0.3 is 10.1 Å². The van der Waals surface area contributed by atoms with Crippen molar-refractivity contribution < 1.29 is 9.53 Å². The zero-order valence-electron chi connectivity index (χ0n) is 7.01. The maximum atomic E-state index is 11.1. The van der Waals surface area contributed by atoms with Crippen molar-refractivity contribution in [2.75, 3.05) is 19.1 Å². The summed E-state index contributed by atoms with van der Waals surface area (Å²) in [6.45, 7) is 1.47. The fourth-order valence-electron chi connectivity index (χ4n) is 1.24. The van der Waals surface area contributed by atoms with Crippen LogP contribution >= 0.6 is 11.6 Å². The molecule has 0 spiro atoms. The molecule has 1 fully saturated rings. The van der Waals surface area contributed by atoms with Crippen LogP contribution in [0.2, 0.25) is 0 Å². The summed E-state index contributed by atoms with van der Waals surface area (Å²) in [5, 5.41) is 2.87. The third-order valence-corrected chi connectivity index (χ3v) is 2.04. The molecule has 0 radical (unpaired) electrons. The number of carbonyl (C=O) groups is 1. The molecule has 0 saturated carbocycles. The Balaban J connectivity index is 2.15. The van der Waals surface area contributed by atoms with Crippen molar-refractivity contribution in [2.24, 2.45) is 0 Å². The second kappa shape index (κ2) is 5.38. The van der Waals surface area contributed by atoms with E-state index < -0.39 is 0 Å². The highest BCUT2D eigenvalue weighted by Gasteiger charge is 2.15. The summed E-state index contributed by atoms with van der Waals surface area (Å²) in [6, 6.07) is 0.203. The van der Waals surface area contributed by atoms with Gasteiger partial charge in [-0.05, 0) is 12.8 Å². The summed E-state index contributed by atoms with van der Waals surface area (Å²) in [7, 11) is 0. The van der Waals surface area contributed by atoms with Crippen LogP contribution < -0.4 is 5.32 Å². The van der Waals surface area contributed by atoms with Crippen molar-refractivity contribution in [3.63, 3.8) is 0 Å². The normalized spacial score (nSPS) is 23.6. The molecule has 12 heavy (non-hydrogen) atoms. The predicted molar refractivity (Wildman–Crippen MR) is 47.3 cm³/mol. The van der Waals surface area contributed by atoms with Crippen molar-refractivity contribution in [2.45, 2.75) is 25.3 Å². The third kappa shape index (κ3) is 3.41. The largest absolute Gasteiger partial charge is 0.379 e. The fraction of sp³-hybridized carbons (Fsp3) is 0.875. The zero-order chi connectivity index (χ0) is 8.81. The number of nitrogens with one attached hydrogen (secondary N) is 1. The lowest BCUT2D eigenvalue weighted by Gasteiger charge is -2.22. The van der Waals surface area contributed by atoms with Gasteiger partial charge in [-0.2, -0.15) is 0 Å². The Kier molecular flexibility index (Phi) is 4.40. The smallest absolute Gasteiger partial charge is 0.221 e. The van der Waals surface area contributed by atoms with E-state index in [2.05, 4.69) is 5.32 Å². The SMILES string of the molecule is O=C(CCCl)NC1CCCOC1. The fourth-order valence-corrected chi connectivity index (χ4v) is 1.41. The molecule has 0 bridgehead atoms. The van der Waals surface area contributed by atoms with E-state index in [-0.39, 0.29) is 11.9 Å². The molecule has 1 unspecified atom stereocenters. The molecule has 0 aromatic heterocycles. The molecule has 0 aromatic rings. The van der Waals surface area contributed by atoms with Crippen LogP contribution in [-0.2, 0) is 9.53 Å². The van der Waals surface area contributed by atoms with Gasteiger partial charge in [-0.1, -0.05) is 0 Å². The molecule has 1 heterocycles. The van der Waals surface area contributed by atoms with Gasteiger partial charge in [0.1, 0.15) is 0 Å². The van der Waals surface area contributed by atoms with Gasteiger partial charge in [0.05, 0.1) is 12.6 Å². The minimum absolute atomic E-state index is 0.0282. The Morgan fingerprint density at radius 2 is 2.50 bits per heavy atom. The molecule has 1 amide bonds. The summed E-state index contributed by atoms with van der Waals surface area (Å²) in [5.74, 6) is 0.417. The molecule has 1 N–H and O–H groups in total. The van der Waals surface area contributed by atoms with Crippen LogP contribution in [0.3, 0.4) is 0 Å². The standard InChI is InChI=1S/C8H14ClNO2/c9-4-3-8(11)10-7-2-1-5-12-6-7/h7H,1-6H2,(H,10,11). The molecule has 70 valence electrons. The summed E-state index contributed by atoms with van der Waals surface area (Å²) < 4.78 is 5.21. The number of ether oxygens (including phenoxy) is 1. The number of hydrogen-bond donors (Lipinski definition) is 1. The molecular formula is C8H14ClNO2. The lowest BCUT2D eigenvalue weighted by molar-refractivity contribution is -0.122. The van der Waals surface area contributed by atoms with Gasteiger partial charge in [-0.25, -0.2) is 0 Å². The van der Waals surface area contributed by atoms with Gasteiger partial charge in [-0.3, -0.25) is 4.79 Å². The van der Waals surface area contributed by atoms with Crippen LogP contribution in [0.15, 0.2) is 0 Å². The Hall–Kier alpha value is -0.280. The van der Waals surface area contributed by atoms with E-state index in [1.165, 1.54) is 0 Å². The average Bonchev–Trinajstić information content (AvgIpc) is 2.06. The van der Waals surface area contributed by atoms with Gasteiger partial charge in [0, 0.05) is 18.9 Å². The maximum absolute atomic E-state index is 11.1. The summed E-state index contributed by atoms with van der Waals surface area (Å²) >= 11 is 5.42. The Bertz CT molecular complexity index is 146. The minimum atomic E-state index is 0.0282. The van der Waals surface area contributed by atoms with E-state index in [0.29, 0.717) is 18.9 Å². The topological polar surface area (TPSA) is 38.3 Å². The molecule has 0 aliphatic carbocycles. The van der Waals surface area contributed by atoms with Crippen LogP contribution in [-0.4, -0.2) is 31.0 Å². The first-order valence-electron chi connectivity index (χ1n) is 4.26. The quantitative estimate of drug-likeness (QED) is 0.674. The third-order valence-electron chi connectivity index (χ3n) is 1.85. The monoisotopic (exact) mass is 191 g/mol. The second-order valence-corrected chi connectivity index (χ2v) is 3.30. The first kappa shape index (κ1) is 9.81. The van der Waals surface area contributed by atoms with Crippen LogP contribution in [0.25, 0.3) is 0 Å². The number of alkyl halides is 1. The summed E-state index contributed by atoms with van der Waals surface area (Å²) in [4.78, 5) is 11.1. The zero-order valence-corrected chi connectivity index (χ0v) is 7.77. The summed E-state index contributed by atoms with van der Waals surface area (Å²) in [6.07, 6.45) is 2.46. The molecule has 4 heteroatoms. The van der Waals surface area contributed by atoms with Crippen molar-refractivity contribution in [1.29, 1.82) is 0 Å². The van der Waals surface area contributed by atoms with E-state index in [9.17, 15) is 4.79 Å². The predicted octanol–water partition coefficient (Wildman–Crippen LogP) is 0.910. The van der Waals surface area contributed by atoms with Crippen LogP contribution in [0.1, 0.15) is 19.3 Å². The molecule has 0 aromatic carbocycles. The van der Waals surface area contributed by atoms with Gasteiger partial charge in [-0.15, -0.1) is 11.6 Å². The van der Waals surface area contributed by atoms with Crippen molar-refractivity contribution in [3.05, 3.63) is 0 Å². The molecular weight excluding hydrogens is 178 g/mol. The van der Waals surface area contributed by atoms with Crippen LogP contribution in [0, 0.1) is 0 Å². The number of amides is 1. The van der Waals surface area contributed by atoms with E-state index in [1.807, 2.05) is 0 Å². The Labute approximate surface area is 77.4 Å². The highest BCUT2D eigenvalue weighted by Crippen LogP contribution is 2.05. The molecule has 1 aliphatic heterocycles. The number of rotatable bonds is 3. The van der Waals surface area contributed by atoms with E-state index in [1.54, 1.807) is 0 Å². The van der Waals surface area contributed by atoms with Crippen LogP contribution in [0.5, 0.6) is 0 Å². The molecule has 1 rings (SSSR count). The minimum Gasteiger partial charge on any atom is -0.379 e. The van der Waals surface area contributed by atoms with E-state index in [0.717, 1.165) is 19.4 Å². The van der Waals surface area contributed by atoms with E-state index in [4.69, 9.17) is 16.3 Å². The maximum Gasteiger partial charge on any atom is 0.221 e. The number of carbonyl (C=O) groups excluding carboxylic acids is 1. The second-order valence-electron chi connectivity index (χ2n) is 2.92. The van der Waals surface area contributed by atoms with Gasteiger partial charge in [0.25, 0.3) is 0 Å². The first-order chi connectivity index (χ1) is 5.83. The van der Waals surface area contributed by atoms with Crippen molar-refractivity contribution in [3.8, 4) is 0 Å². The average molecular weight is 192 g/mol. The van der Waals surface area contributed by atoms with Crippen molar-refractivity contribution >= 4 is 17.5 Å².